The van der Waals surface area contributed by atoms with E-state index in [4.69, 9.17) is 9.84 Å². The zero-order valence-electron chi connectivity index (χ0n) is 18.5. The van der Waals surface area contributed by atoms with E-state index in [-0.39, 0.29) is 37.0 Å². The van der Waals surface area contributed by atoms with Gasteiger partial charge in [-0.3, -0.25) is 14.4 Å². The number of hydrogen-bond acceptors (Lipinski definition) is 4. The second-order valence-corrected chi connectivity index (χ2v) is 8.62. The summed E-state index contributed by atoms with van der Waals surface area (Å²) in [5.41, 5.74) is 0. The number of carboxylic acid groups (broad SMARTS) is 1. The van der Waals surface area contributed by atoms with E-state index < -0.39 is 5.97 Å². The summed E-state index contributed by atoms with van der Waals surface area (Å²) in [6, 6.07) is 0. The maximum Gasteiger partial charge on any atom is 0.303 e. The maximum atomic E-state index is 12.3. The molecular weight excluding hydrogens is 384 g/mol. The fraction of sp³-hybridized carbons (Fsp3) is 0.783. The molecule has 2 fully saturated rings. The number of likely N-dealkylation sites (N-methyl/N-ethyl adjacent to an activating group) is 1. The normalized spacial score (nSPS) is 25.0. The van der Waals surface area contributed by atoms with E-state index in [1.807, 2.05) is 0 Å². The van der Waals surface area contributed by atoms with E-state index in [2.05, 4.69) is 24.4 Å². The number of unbranched alkanes of at least 4 members (excludes halogenated alkanes) is 3. The van der Waals surface area contributed by atoms with Crippen molar-refractivity contribution in [2.24, 2.45) is 11.8 Å². The Morgan fingerprint density at radius 3 is 2.50 bits per heavy atom. The van der Waals surface area contributed by atoms with E-state index in [0.29, 0.717) is 31.2 Å². The highest BCUT2D eigenvalue weighted by atomic mass is 16.5. The number of carbonyl (C=O) groups is 3. The van der Waals surface area contributed by atoms with Gasteiger partial charge in [0.05, 0.1) is 18.8 Å². The third-order valence-electron chi connectivity index (χ3n) is 6.26. The molecule has 2 heterocycles. The largest absolute Gasteiger partial charge is 0.481 e. The second kappa shape index (κ2) is 12.7. The Balaban J connectivity index is 1.73. The first-order valence-electron chi connectivity index (χ1n) is 11.4. The highest BCUT2D eigenvalue weighted by Crippen LogP contribution is 2.44. The van der Waals surface area contributed by atoms with Crippen molar-refractivity contribution < 1.29 is 24.2 Å². The van der Waals surface area contributed by atoms with Crippen molar-refractivity contribution in [3.63, 3.8) is 0 Å². The molecule has 0 radical (unpaired) electrons. The molecule has 7 nitrogen and oxygen atoms in total. The summed E-state index contributed by atoms with van der Waals surface area (Å²) in [4.78, 5) is 36.5. The summed E-state index contributed by atoms with van der Waals surface area (Å²) in [5, 5.41) is 11.7. The van der Waals surface area contributed by atoms with Crippen LogP contribution in [0, 0.1) is 11.8 Å². The van der Waals surface area contributed by atoms with Crippen LogP contribution in [0.25, 0.3) is 0 Å². The van der Waals surface area contributed by atoms with Crippen LogP contribution in [0.15, 0.2) is 12.2 Å². The van der Waals surface area contributed by atoms with E-state index in [1.165, 1.54) is 4.90 Å². The van der Waals surface area contributed by atoms with Crippen LogP contribution in [-0.4, -0.2) is 60.1 Å². The lowest BCUT2D eigenvalue weighted by Gasteiger charge is -2.27. The van der Waals surface area contributed by atoms with Crippen LogP contribution >= 0.6 is 0 Å². The molecule has 2 saturated heterocycles. The van der Waals surface area contributed by atoms with Crippen LogP contribution in [0.1, 0.15) is 71.1 Å². The first kappa shape index (κ1) is 24.4. The van der Waals surface area contributed by atoms with Gasteiger partial charge in [0.25, 0.3) is 0 Å². The Labute approximate surface area is 180 Å². The van der Waals surface area contributed by atoms with E-state index in [0.717, 1.165) is 44.9 Å². The predicted molar refractivity (Wildman–Crippen MR) is 115 cm³/mol. The number of rotatable bonds is 14. The van der Waals surface area contributed by atoms with E-state index in [1.54, 1.807) is 7.05 Å². The zero-order chi connectivity index (χ0) is 21.9. The van der Waals surface area contributed by atoms with Gasteiger partial charge in [-0.25, -0.2) is 0 Å². The Hall–Kier alpha value is -1.89. The molecular formula is C23H38N2O5. The number of hydrogen-bond donors (Lipinski definition) is 2. The van der Waals surface area contributed by atoms with Crippen molar-refractivity contribution in [3.8, 4) is 0 Å². The standard InChI is InChI=1S/C23H38N2O5/c1-3-4-7-11-22(27)25(2)16-21(26)24-15-18-17(19-13-14-20(18)30-19)10-8-5-6-9-12-23(28)29/h5,8,17-20H,3-4,6-7,9-16H2,1-2H3,(H,24,26)(H,28,29)/b8-5-/t17-,18+,19-,20+/m1/s1. The number of aliphatic carboxylic acids is 1. The number of amides is 2. The smallest absolute Gasteiger partial charge is 0.303 e. The van der Waals surface area contributed by atoms with Crippen LogP contribution in [0.5, 0.6) is 0 Å². The molecule has 2 bridgehead atoms. The molecule has 7 heteroatoms. The molecule has 0 saturated carbocycles. The summed E-state index contributed by atoms with van der Waals surface area (Å²) in [7, 11) is 1.69. The molecule has 0 spiro atoms. The molecule has 0 unspecified atom stereocenters. The minimum atomic E-state index is -0.756. The molecule has 2 amide bonds. The Bertz CT molecular complexity index is 606. The molecule has 30 heavy (non-hydrogen) atoms. The number of carbonyl (C=O) groups excluding carboxylic acids is 2. The maximum absolute atomic E-state index is 12.3. The lowest BCUT2D eigenvalue weighted by atomic mass is 9.77. The van der Waals surface area contributed by atoms with Crippen LogP contribution in [0.3, 0.4) is 0 Å². The highest BCUT2D eigenvalue weighted by molar-refractivity contribution is 5.84. The molecule has 2 N–H and O–H groups in total. The average Bonchev–Trinajstić information content (AvgIpc) is 3.30. The minimum Gasteiger partial charge on any atom is -0.481 e. The third kappa shape index (κ3) is 7.74. The Morgan fingerprint density at radius 2 is 1.80 bits per heavy atom. The van der Waals surface area contributed by atoms with Gasteiger partial charge in [0.1, 0.15) is 0 Å². The van der Waals surface area contributed by atoms with Crippen molar-refractivity contribution in [1.29, 1.82) is 0 Å². The fourth-order valence-electron chi connectivity index (χ4n) is 4.53. The monoisotopic (exact) mass is 422 g/mol. The van der Waals surface area contributed by atoms with Crippen molar-refractivity contribution in [3.05, 3.63) is 12.2 Å². The number of allylic oxidation sites excluding steroid dienone is 2. The Kier molecular flexibility index (Phi) is 10.3. The van der Waals surface area contributed by atoms with Gasteiger partial charge < -0.3 is 20.1 Å². The van der Waals surface area contributed by atoms with Gasteiger partial charge in [0, 0.05) is 32.4 Å². The van der Waals surface area contributed by atoms with Gasteiger partial charge in [0.15, 0.2) is 0 Å². The molecule has 2 aliphatic heterocycles. The van der Waals surface area contributed by atoms with Gasteiger partial charge in [-0.1, -0.05) is 31.9 Å². The van der Waals surface area contributed by atoms with Gasteiger partial charge in [-0.2, -0.15) is 0 Å². The summed E-state index contributed by atoms with van der Waals surface area (Å²) < 4.78 is 6.09. The molecule has 0 aromatic heterocycles. The molecule has 0 aromatic rings. The number of ether oxygens (including phenoxy) is 1. The lowest BCUT2D eigenvalue weighted by molar-refractivity contribution is -0.137. The average molecular weight is 423 g/mol. The van der Waals surface area contributed by atoms with Crippen LogP contribution in [0.4, 0.5) is 0 Å². The number of carboxylic acids is 1. The van der Waals surface area contributed by atoms with Crippen LogP contribution < -0.4 is 5.32 Å². The van der Waals surface area contributed by atoms with Gasteiger partial charge >= 0.3 is 5.97 Å². The van der Waals surface area contributed by atoms with Crippen molar-refractivity contribution in [2.45, 2.75) is 83.3 Å². The number of nitrogens with zero attached hydrogens (tertiary/aromatic N) is 1. The lowest BCUT2D eigenvalue weighted by Crippen LogP contribution is -2.43. The van der Waals surface area contributed by atoms with Gasteiger partial charge in [-0.05, 0) is 44.4 Å². The predicted octanol–water partition coefficient (Wildman–Crippen LogP) is 3.14. The second-order valence-electron chi connectivity index (χ2n) is 8.62. The van der Waals surface area contributed by atoms with Gasteiger partial charge in [-0.15, -0.1) is 0 Å². The van der Waals surface area contributed by atoms with Crippen molar-refractivity contribution in [2.75, 3.05) is 20.1 Å². The molecule has 0 aliphatic carbocycles. The summed E-state index contributed by atoms with van der Waals surface area (Å²) >= 11 is 0. The highest BCUT2D eigenvalue weighted by Gasteiger charge is 2.47. The first-order chi connectivity index (χ1) is 14.4. The topological polar surface area (TPSA) is 95.9 Å². The molecule has 170 valence electrons. The first-order valence-corrected chi connectivity index (χ1v) is 11.4. The number of fused-ring (bicyclic) bond motifs is 2. The third-order valence-corrected chi connectivity index (χ3v) is 6.26. The van der Waals surface area contributed by atoms with Crippen molar-refractivity contribution in [1.82, 2.24) is 10.2 Å². The van der Waals surface area contributed by atoms with Crippen LogP contribution in [-0.2, 0) is 19.1 Å². The summed E-state index contributed by atoms with van der Waals surface area (Å²) in [5.74, 6) is -0.177. The molecule has 2 rings (SSSR count). The molecule has 4 atom stereocenters. The summed E-state index contributed by atoms with van der Waals surface area (Å²) in [6.07, 6.45) is 12.8. The van der Waals surface area contributed by atoms with Crippen molar-refractivity contribution >= 4 is 17.8 Å². The van der Waals surface area contributed by atoms with E-state index >= 15 is 0 Å². The van der Waals surface area contributed by atoms with E-state index in [9.17, 15) is 14.4 Å². The Morgan fingerprint density at radius 1 is 1.07 bits per heavy atom. The number of nitrogens with one attached hydrogen (secondary N) is 1. The SMILES string of the molecule is CCCCCC(=O)N(C)CC(=O)NC[C@H]1[C@@H](C/C=C\CCCC(=O)O)[C@H]2CC[C@@H]1O2. The van der Waals surface area contributed by atoms with Crippen LogP contribution in [0.2, 0.25) is 0 Å². The molecule has 0 aromatic carbocycles. The quantitative estimate of drug-likeness (QED) is 0.331. The fourth-order valence-corrected chi connectivity index (χ4v) is 4.53. The molecule has 2 aliphatic rings. The zero-order valence-corrected chi connectivity index (χ0v) is 18.5. The summed E-state index contributed by atoms with van der Waals surface area (Å²) in [6.45, 7) is 2.78. The minimum absolute atomic E-state index is 0.0211. The van der Waals surface area contributed by atoms with Gasteiger partial charge in [0.2, 0.25) is 11.8 Å².